The van der Waals surface area contributed by atoms with E-state index in [9.17, 15) is 8.42 Å². The van der Waals surface area contributed by atoms with Gasteiger partial charge >= 0.3 is 0 Å². The van der Waals surface area contributed by atoms with Gasteiger partial charge in [0.25, 0.3) is 0 Å². The lowest BCUT2D eigenvalue weighted by molar-refractivity contribution is 0.118. The van der Waals surface area contributed by atoms with Crippen LogP contribution in [-0.2, 0) is 14.6 Å². The molecule has 1 aliphatic carbocycles. The van der Waals surface area contributed by atoms with Crippen LogP contribution in [0.25, 0.3) is 6.08 Å². The van der Waals surface area contributed by atoms with Gasteiger partial charge in [0.2, 0.25) is 0 Å². The Kier molecular flexibility index (Phi) is 5.74. The number of benzene rings is 1. The first kappa shape index (κ1) is 17.6. The van der Waals surface area contributed by atoms with Gasteiger partial charge in [0, 0.05) is 26.2 Å². The average molecular weight is 349 g/mol. The number of hydrogen-bond donors (Lipinski definition) is 0. The molecule has 0 unspecified atom stereocenters. The summed E-state index contributed by atoms with van der Waals surface area (Å²) < 4.78 is 29.1. The second kappa shape index (κ2) is 7.81. The van der Waals surface area contributed by atoms with Gasteiger partial charge in [-0.1, -0.05) is 30.2 Å². The van der Waals surface area contributed by atoms with Crippen molar-refractivity contribution in [2.75, 3.05) is 32.6 Å². The molecule has 0 spiro atoms. The Balaban J connectivity index is 1.60. The highest BCUT2D eigenvalue weighted by Gasteiger charge is 2.26. The Morgan fingerprint density at radius 3 is 2.38 bits per heavy atom. The first-order valence-electron chi connectivity index (χ1n) is 8.84. The van der Waals surface area contributed by atoms with E-state index in [-0.39, 0.29) is 12.4 Å². The van der Waals surface area contributed by atoms with E-state index in [1.165, 1.54) is 45.0 Å². The standard InChI is InChI=1S/C19H27NO3S/c1-23-13-14-24(21,22)19-7-5-16(6-8-19)15-17-9-11-20(12-10-17)18-3-2-4-18/h5-8,15,18H,2-4,9-14H2,1H3. The van der Waals surface area contributed by atoms with E-state index in [2.05, 4.69) is 11.0 Å². The molecule has 132 valence electrons. The van der Waals surface area contributed by atoms with Crippen LogP contribution in [0, 0.1) is 0 Å². The molecular formula is C19H27NO3S. The molecule has 1 aliphatic heterocycles. The molecule has 1 saturated carbocycles. The lowest BCUT2D eigenvalue weighted by Crippen LogP contribution is -2.43. The van der Waals surface area contributed by atoms with Crippen LogP contribution in [0.4, 0.5) is 0 Å². The maximum absolute atomic E-state index is 12.1. The molecule has 24 heavy (non-hydrogen) atoms. The summed E-state index contributed by atoms with van der Waals surface area (Å²) >= 11 is 0. The van der Waals surface area contributed by atoms with Gasteiger partial charge in [-0.25, -0.2) is 8.42 Å². The predicted molar refractivity (Wildman–Crippen MR) is 96.8 cm³/mol. The van der Waals surface area contributed by atoms with E-state index < -0.39 is 9.84 Å². The van der Waals surface area contributed by atoms with Crippen molar-refractivity contribution in [3.8, 4) is 0 Å². The SMILES string of the molecule is COCCS(=O)(=O)c1ccc(C=C2CCN(C3CCC3)CC2)cc1. The van der Waals surface area contributed by atoms with Gasteiger partial charge in [0.05, 0.1) is 17.3 Å². The van der Waals surface area contributed by atoms with Crippen LogP contribution in [0.15, 0.2) is 34.7 Å². The fourth-order valence-electron chi connectivity index (χ4n) is 3.39. The quantitative estimate of drug-likeness (QED) is 0.791. The molecule has 0 N–H and O–H groups in total. The monoisotopic (exact) mass is 349 g/mol. The Labute approximate surface area is 145 Å². The molecule has 0 aromatic heterocycles. The molecule has 1 saturated heterocycles. The average Bonchev–Trinajstić information content (AvgIpc) is 2.54. The molecule has 2 fully saturated rings. The number of nitrogens with zero attached hydrogens (tertiary/aromatic N) is 1. The van der Waals surface area contributed by atoms with E-state index in [1.807, 2.05) is 12.1 Å². The molecule has 2 aliphatic rings. The highest BCUT2D eigenvalue weighted by Crippen LogP contribution is 2.29. The van der Waals surface area contributed by atoms with Crippen molar-refractivity contribution in [2.24, 2.45) is 0 Å². The number of hydrogen-bond acceptors (Lipinski definition) is 4. The number of rotatable bonds is 6. The molecule has 1 heterocycles. The fourth-order valence-corrected chi connectivity index (χ4v) is 4.56. The molecule has 0 atom stereocenters. The van der Waals surface area contributed by atoms with Crippen molar-refractivity contribution >= 4 is 15.9 Å². The lowest BCUT2D eigenvalue weighted by atomic mass is 9.89. The molecule has 3 rings (SSSR count). The third kappa shape index (κ3) is 4.26. The van der Waals surface area contributed by atoms with Crippen molar-refractivity contribution in [3.05, 3.63) is 35.4 Å². The first-order valence-corrected chi connectivity index (χ1v) is 10.5. The van der Waals surface area contributed by atoms with Crippen molar-refractivity contribution in [1.29, 1.82) is 0 Å². The third-order valence-corrected chi connectivity index (χ3v) is 6.89. The fraction of sp³-hybridized carbons (Fsp3) is 0.579. The van der Waals surface area contributed by atoms with E-state index >= 15 is 0 Å². The van der Waals surface area contributed by atoms with Crippen molar-refractivity contribution < 1.29 is 13.2 Å². The predicted octanol–water partition coefficient (Wildman–Crippen LogP) is 3.14. The topological polar surface area (TPSA) is 46.6 Å². The highest BCUT2D eigenvalue weighted by molar-refractivity contribution is 7.91. The lowest BCUT2D eigenvalue weighted by Gasteiger charge is -2.40. The van der Waals surface area contributed by atoms with Gasteiger partial charge in [0.15, 0.2) is 9.84 Å². The summed E-state index contributed by atoms with van der Waals surface area (Å²) in [5.41, 5.74) is 2.56. The van der Waals surface area contributed by atoms with Crippen LogP contribution in [0.1, 0.15) is 37.7 Å². The number of ether oxygens (including phenoxy) is 1. The molecule has 4 nitrogen and oxygen atoms in total. The van der Waals surface area contributed by atoms with E-state index in [4.69, 9.17) is 4.74 Å². The minimum atomic E-state index is -3.24. The minimum absolute atomic E-state index is 0.0287. The van der Waals surface area contributed by atoms with Crippen LogP contribution in [-0.4, -0.2) is 51.9 Å². The highest BCUT2D eigenvalue weighted by atomic mass is 32.2. The second-order valence-corrected chi connectivity index (χ2v) is 8.91. The van der Waals surface area contributed by atoms with Crippen LogP contribution in [0.3, 0.4) is 0 Å². The van der Waals surface area contributed by atoms with Gasteiger partial charge in [0.1, 0.15) is 0 Å². The van der Waals surface area contributed by atoms with Crippen LogP contribution in [0.5, 0.6) is 0 Å². The molecule has 5 heteroatoms. The molecule has 1 aromatic carbocycles. The summed E-state index contributed by atoms with van der Waals surface area (Å²) in [6, 6.07) is 8.07. The zero-order valence-corrected chi connectivity index (χ0v) is 15.2. The number of sulfone groups is 1. The number of methoxy groups -OCH3 is 1. The van der Waals surface area contributed by atoms with Gasteiger partial charge in [-0.05, 0) is 43.4 Å². The van der Waals surface area contributed by atoms with Gasteiger partial charge < -0.3 is 4.74 Å². The van der Waals surface area contributed by atoms with Crippen LogP contribution in [0.2, 0.25) is 0 Å². The van der Waals surface area contributed by atoms with Gasteiger partial charge in [-0.15, -0.1) is 0 Å². The summed E-state index contributed by atoms with van der Waals surface area (Å²) in [5.74, 6) is 0.0287. The molecular weight excluding hydrogens is 322 g/mol. The van der Waals surface area contributed by atoms with E-state index in [0.717, 1.165) is 24.4 Å². The molecule has 0 radical (unpaired) electrons. The summed E-state index contributed by atoms with van der Waals surface area (Å²) in [4.78, 5) is 3.01. The van der Waals surface area contributed by atoms with Crippen molar-refractivity contribution in [2.45, 2.75) is 43.0 Å². The number of likely N-dealkylation sites (tertiary alicyclic amines) is 1. The van der Waals surface area contributed by atoms with Crippen LogP contribution < -0.4 is 0 Å². The Hall–Kier alpha value is -1.17. The Morgan fingerprint density at radius 2 is 1.83 bits per heavy atom. The maximum Gasteiger partial charge on any atom is 0.180 e. The normalized spacial score (nSPS) is 20.0. The second-order valence-electron chi connectivity index (χ2n) is 6.80. The van der Waals surface area contributed by atoms with E-state index in [0.29, 0.717) is 4.90 Å². The van der Waals surface area contributed by atoms with Gasteiger partial charge in [-0.3, -0.25) is 4.90 Å². The van der Waals surface area contributed by atoms with E-state index in [1.54, 1.807) is 12.1 Å². The summed E-state index contributed by atoms with van der Waals surface area (Å²) in [6.07, 6.45) is 8.62. The molecule has 0 bridgehead atoms. The smallest absolute Gasteiger partial charge is 0.180 e. The largest absolute Gasteiger partial charge is 0.384 e. The first-order chi connectivity index (χ1) is 11.6. The maximum atomic E-state index is 12.1. The summed E-state index contributed by atoms with van der Waals surface area (Å²) in [6.45, 7) is 2.56. The van der Waals surface area contributed by atoms with Crippen molar-refractivity contribution in [3.63, 3.8) is 0 Å². The number of piperidine rings is 1. The molecule has 0 amide bonds. The zero-order valence-electron chi connectivity index (χ0n) is 14.4. The van der Waals surface area contributed by atoms with Crippen molar-refractivity contribution in [1.82, 2.24) is 4.90 Å². The van der Waals surface area contributed by atoms with Crippen LogP contribution >= 0.6 is 0 Å². The zero-order chi connectivity index (χ0) is 17.0. The minimum Gasteiger partial charge on any atom is -0.384 e. The molecule has 1 aromatic rings. The Bertz CT molecular complexity index is 665. The third-order valence-electron chi connectivity index (χ3n) is 5.20. The van der Waals surface area contributed by atoms with Gasteiger partial charge in [-0.2, -0.15) is 0 Å². The Morgan fingerprint density at radius 1 is 1.17 bits per heavy atom. The summed E-state index contributed by atoms with van der Waals surface area (Å²) in [7, 11) is -1.72. The summed E-state index contributed by atoms with van der Waals surface area (Å²) in [5, 5.41) is 0.